The van der Waals surface area contributed by atoms with E-state index >= 15 is 0 Å². The largest absolute Gasteiger partial charge is 0.309 e. The SMILES string of the molecule is c1ccc(-c2nc3ccc4c(c5ccccc5n4-c4cccc5ccccc45)c3s2)nc1. The van der Waals surface area contributed by atoms with E-state index in [4.69, 9.17) is 4.98 Å². The summed E-state index contributed by atoms with van der Waals surface area (Å²) in [5.41, 5.74) is 5.54. The number of rotatable bonds is 2. The summed E-state index contributed by atoms with van der Waals surface area (Å²) in [6, 6.07) is 34.1. The molecule has 0 aliphatic heterocycles. The van der Waals surface area contributed by atoms with Gasteiger partial charge in [0.2, 0.25) is 0 Å². The van der Waals surface area contributed by atoms with Crippen molar-refractivity contribution in [1.82, 2.24) is 14.5 Å². The Hall–Kier alpha value is -4.02. The van der Waals surface area contributed by atoms with Crippen LogP contribution in [-0.2, 0) is 0 Å². The molecule has 4 aromatic carbocycles. The third-order valence-corrected chi connectivity index (χ3v) is 7.19. The molecule has 0 spiro atoms. The van der Waals surface area contributed by atoms with E-state index in [1.807, 2.05) is 24.4 Å². The van der Waals surface area contributed by atoms with Crippen LogP contribution in [0.3, 0.4) is 0 Å². The Morgan fingerprint density at radius 1 is 0.656 bits per heavy atom. The summed E-state index contributed by atoms with van der Waals surface area (Å²) in [5, 5.41) is 5.95. The molecule has 3 nitrogen and oxygen atoms in total. The number of hydrogen-bond donors (Lipinski definition) is 0. The number of nitrogens with zero attached hydrogens (tertiary/aromatic N) is 3. The van der Waals surface area contributed by atoms with Gasteiger partial charge in [0.15, 0.2) is 0 Å². The first-order valence-electron chi connectivity index (χ1n) is 10.6. The second kappa shape index (κ2) is 6.74. The molecule has 0 amide bonds. The first-order valence-corrected chi connectivity index (χ1v) is 11.4. The fourth-order valence-corrected chi connectivity index (χ4v) is 5.80. The predicted octanol–water partition coefficient (Wildman–Crippen LogP) is 7.61. The molecule has 3 heterocycles. The molecule has 0 fully saturated rings. The van der Waals surface area contributed by atoms with Crippen molar-refractivity contribution in [1.29, 1.82) is 0 Å². The predicted molar refractivity (Wildman–Crippen MR) is 135 cm³/mol. The lowest BCUT2D eigenvalue weighted by atomic mass is 10.1. The summed E-state index contributed by atoms with van der Waals surface area (Å²) in [6.07, 6.45) is 1.82. The molecule has 7 aromatic rings. The minimum absolute atomic E-state index is 0.916. The number of thiazole rings is 1. The van der Waals surface area contributed by atoms with Crippen LogP contribution < -0.4 is 0 Å². The number of hydrogen-bond acceptors (Lipinski definition) is 3. The van der Waals surface area contributed by atoms with Crippen LogP contribution in [0.5, 0.6) is 0 Å². The van der Waals surface area contributed by atoms with Gasteiger partial charge in [-0.15, -0.1) is 11.3 Å². The number of aromatic nitrogens is 3. The first-order chi connectivity index (χ1) is 15.9. The minimum Gasteiger partial charge on any atom is -0.309 e. The van der Waals surface area contributed by atoms with Gasteiger partial charge in [0, 0.05) is 22.4 Å². The molecule has 0 bridgehead atoms. The highest BCUT2D eigenvalue weighted by molar-refractivity contribution is 7.22. The van der Waals surface area contributed by atoms with Crippen LogP contribution >= 0.6 is 11.3 Å². The molecule has 7 rings (SSSR count). The van der Waals surface area contributed by atoms with Gasteiger partial charge in [-0.25, -0.2) is 4.98 Å². The molecule has 0 N–H and O–H groups in total. The molecular weight excluding hydrogens is 410 g/mol. The molecule has 150 valence electrons. The monoisotopic (exact) mass is 427 g/mol. The zero-order valence-electron chi connectivity index (χ0n) is 17.1. The lowest BCUT2D eigenvalue weighted by molar-refractivity contribution is 1.20. The molecule has 0 unspecified atom stereocenters. The fourth-order valence-electron chi connectivity index (χ4n) is 4.70. The van der Waals surface area contributed by atoms with E-state index in [0.717, 1.165) is 16.2 Å². The Morgan fingerprint density at radius 2 is 1.47 bits per heavy atom. The summed E-state index contributed by atoms with van der Waals surface area (Å²) in [4.78, 5) is 9.43. The van der Waals surface area contributed by atoms with Gasteiger partial charge in [-0.05, 0) is 41.8 Å². The lowest BCUT2D eigenvalue weighted by Gasteiger charge is -2.11. The van der Waals surface area contributed by atoms with Gasteiger partial charge >= 0.3 is 0 Å². The molecule has 0 saturated heterocycles. The lowest BCUT2D eigenvalue weighted by Crippen LogP contribution is -1.94. The van der Waals surface area contributed by atoms with Gasteiger partial charge < -0.3 is 4.57 Å². The Morgan fingerprint density at radius 3 is 2.38 bits per heavy atom. The highest BCUT2D eigenvalue weighted by Gasteiger charge is 2.18. The van der Waals surface area contributed by atoms with Crippen LogP contribution in [0.15, 0.2) is 103 Å². The normalized spacial score (nSPS) is 11.8. The molecule has 0 saturated carbocycles. The van der Waals surface area contributed by atoms with Crippen molar-refractivity contribution in [2.75, 3.05) is 0 Å². The van der Waals surface area contributed by atoms with Gasteiger partial charge in [0.1, 0.15) is 5.01 Å². The summed E-state index contributed by atoms with van der Waals surface area (Å²) in [5.74, 6) is 0. The maximum Gasteiger partial charge on any atom is 0.143 e. The molecular formula is C28H17N3S. The van der Waals surface area contributed by atoms with Crippen LogP contribution in [0, 0.1) is 0 Å². The minimum atomic E-state index is 0.916. The van der Waals surface area contributed by atoms with E-state index in [9.17, 15) is 0 Å². The van der Waals surface area contributed by atoms with Crippen molar-refractivity contribution >= 4 is 54.1 Å². The highest BCUT2D eigenvalue weighted by atomic mass is 32.1. The van der Waals surface area contributed by atoms with Crippen molar-refractivity contribution in [2.45, 2.75) is 0 Å². The molecule has 32 heavy (non-hydrogen) atoms. The Kier molecular flexibility index (Phi) is 3.72. The number of benzene rings is 4. The van der Waals surface area contributed by atoms with Gasteiger partial charge in [-0.2, -0.15) is 0 Å². The van der Waals surface area contributed by atoms with Gasteiger partial charge in [0.05, 0.1) is 32.6 Å². The average Bonchev–Trinajstić information content (AvgIpc) is 3.43. The van der Waals surface area contributed by atoms with Gasteiger partial charge in [-0.3, -0.25) is 4.98 Å². The van der Waals surface area contributed by atoms with Crippen molar-refractivity contribution < 1.29 is 0 Å². The van der Waals surface area contributed by atoms with E-state index in [-0.39, 0.29) is 0 Å². The van der Waals surface area contributed by atoms with Crippen molar-refractivity contribution in [3.05, 3.63) is 103 Å². The second-order valence-corrected chi connectivity index (χ2v) is 8.89. The summed E-state index contributed by atoms with van der Waals surface area (Å²) >= 11 is 1.72. The van der Waals surface area contributed by atoms with Gasteiger partial charge in [0.25, 0.3) is 0 Å². The van der Waals surface area contributed by atoms with Crippen LogP contribution in [0.25, 0.3) is 59.2 Å². The standard InChI is InChI=1S/C28H17N3S/c1-2-10-19-18(8-1)9-7-14-23(19)31-24-13-4-3-11-20(24)26-25(31)16-15-21-27(26)32-28(30-21)22-12-5-6-17-29-22/h1-17H. The van der Waals surface area contributed by atoms with Crippen molar-refractivity contribution in [2.24, 2.45) is 0 Å². The number of pyridine rings is 1. The van der Waals surface area contributed by atoms with Crippen LogP contribution in [0.2, 0.25) is 0 Å². The smallest absolute Gasteiger partial charge is 0.143 e. The maximum atomic E-state index is 4.92. The maximum absolute atomic E-state index is 4.92. The molecule has 0 radical (unpaired) electrons. The average molecular weight is 428 g/mol. The van der Waals surface area contributed by atoms with Gasteiger partial charge in [-0.1, -0.05) is 60.7 Å². The molecule has 0 aliphatic rings. The first kappa shape index (κ1) is 17.6. The van der Waals surface area contributed by atoms with E-state index in [0.29, 0.717) is 0 Å². The van der Waals surface area contributed by atoms with Crippen LogP contribution in [0.4, 0.5) is 0 Å². The van der Waals surface area contributed by atoms with Crippen LogP contribution in [-0.4, -0.2) is 14.5 Å². The molecule has 4 heteroatoms. The van der Waals surface area contributed by atoms with E-state index in [1.165, 1.54) is 43.0 Å². The van der Waals surface area contributed by atoms with E-state index in [2.05, 4.69) is 88.4 Å². The molecule has 3 aromatic heterocycles. The number of para-hydroxylation sites is 1. The van der Waals surface area contributed by atoms with E-state index < -0.39 is 0 Å². The Balaban J connectivity index is 1.62. The van der Waals surface area contributed by atoms with E-state index in [1.54, 1.807) is 11.3 Å². The third kappa shape index (κ3) is 2.47. The zero-order chi connectivity index (χ0) is 21.1. The summed E-state index contributed by atoms with van der Waals surface area (Å²) in [6.45, 7) is 0. The Labute approximate surface area is 188 Å². The Bertz CT molecular complexity index is 1770. The zero-order valence-corrected chi connectivity index (χ0v) is 17.9. The molecule has 0 aliphatic carbocycles. The summed E-state index contributed by atoms with van der Waals surface area (Å²) < 4.78 is 3.60. The van der Waals surface area contributed by atoms with Crippen molar-refractivity contribution in [3.8, 4) is 16.4 Å². The topological polar surface area (TPSA) is 30.7 Å². The third-order valence-electron chi connectivity index (χ3n) is 6.08. The molecule has 0 atom stereocenters. The highest BCUT2D eigenvalue weighted by Crippen LogP contribution is 2.41. The fraction of sp³-hybridized carbons (Fsp3) is 0. The van der Waals surface area contributed by atoms with Crippen molar-refractivity contribution in [3.63, 3.8) is 0 Å². The second-order valence-electron chi connectivity index (χ2n) is 7.89. The summed E-state index contributed by atoms with van der Waals surface area (Å²) in [7, 11) is 0. The number of fused-ring (bicyclic) bond motifs is 6. The quantitative estimate of drug-likeness (QED) is 0.284. The van der Waals surface area contributed by atoms with Crippen LogP contribution in [0.1, 0.15) is 0 Å².